The number of nitrogens with zero attached hydrogens (tertiary/aromatic N) is 3. The molecule has 6 nitrogen and oxygen atoms in total. The summed E-state index contributed by atoms with van der Waals surface area (Å²) in [6.07, 6.45) is 6.95. The highest BCUT2D eigenvalue weighted by molar-refractivity contribution is 7.13. The van der Waals surface area contributed by atoms with Crippen molar-refractivity contribution >= 4 is 22.4 Å². The number of anilines is 1. The summed E-state index contributed by atoms with van der Waals surface area (Å²) in [7, 11) is 0. The largest absolute Gasteiger partial charge is 0.482 e. The van der Waals surface area contributed by atoms with E-state index in [1.807, 2.05) is 11.6 Å². The molecule has 0 unspecified atom stereocenters. The molecule has 0 aliphatic carbocycles. The van der Waals surface area contributed by atoms with Crippen molar-refractivity contribution < 1.29 is 9.53 Å². The van der Waals surface area contributed by atoms with E-state index < -0.39 is 0 Å². The van der Waals surface area contributed by atoms with E-state index in [2.05, 4.69) is 20.2 Å². The number of pyridine rings is 1. The molecule has 0 bridgehead atoms. The van der Waals surface area contributed by atoms with Gasteiger partial charge < -0.3 is 15.0 Å². The van der Waals surface area contributed by atoms with Gasteiger partial charge in [-0.1, -0.05) is 0 Å². The zero-order chi connectivity index (χ0) is 15.2. The van der Waals surface area contributed by atoms with Gasteiger partial charge in [-0.15, -0.1) is 11.3 Å². The van der Waals surface area contributed by atoms with E-state index in [0.29, 0.717) is 5.75 Å². The lowest BCUT2D eigenvalue weighted by molar-refractivity contribution is -0.123. The summed E-state index contributed by atoms with van der Waals surface area (Å²) in [5.41, 5.74) is 0. The molecule has 0 spiro atoms. The molecule has 3 rings (SSSR count). The van der Waals surface area contributed by atoms with Gasteiger partial charge in [0, 0.05) is 36.9 Å². The van der Waals surface area contributed by atoms with Crippen molar-refractivity contribution in [1.29, 1.82) is 0 Å². The van der Waals surface area contributed by atoms with Gasteiger partial charge in [0.05, 0.1) is 6.20 Å². The molecule has 116 valence electrons. The molecule has 1 amide bonds. The zero-order valence-electron chi connectivity index (χ0n) is 12.1. The minimum absolute atomic E-state index is 0.0262. The summed E-state index contributed by atoms with van der Waals surface area (Å²) in [5.74, 6) is 0.521. The number of ether oxygens (including phenoxy) is 1. The maximum atomic E-state index is 11.9. The zero-order valence-corrected chi connectivity index (χ0v) is 13.0. The van der Waals surface area contributed by atoms with Gasteiger partial charge in [-0.25, -0.2) is 4.98 Å². The van der Waals surface area contributed by atoms with Crippen LogP contribution in [-0.4, -0.2) is 41.6 Å². The summed E-state index contributed by atoms with van der Waals surface area (Å²) in [6.45, 7) is 1.86. The number of carbonyl (C=O) groups is 1. The smallest absolute Gasteiger partial charge is 0.258 e. The van der Waals surface area contributed by atoms with Crippen molar-refractivity contribution in [2.75, 3.05) is 24.6 Å². The van der Waals surface area contributed by atoms with Crippen LogP contribution in [0.4, 0.5) is 5.13 Å². The molecule has 7 heteroatoms. The lowest BCUT2D eigenvalue weighted by Crippen LogP contribution is -2.46. The fourth-order valence-electron chi connectivity index (χ4n) is 2.44. The second-order valence-electron chi connectivity index (χ2n) is 5.12. The van der Waals surface area contributed by atoms with Gasteiger partial charge in [0.1, 0.15) is 5.75 Å². The molecule has 1 aliphatic rings. The van der Waals surface area contributed by atoms with E-state index in [4.69, 9.17) is 4.74 Å². The highest BCUT2D eigenvalue weighted by Crippen LogP contribution is 2.21. The van der Waals surface area contributed by atoms with Gasteiger partial charge in [0.2, 0.25) is 0 Å². The van der Waals surface area contributed by atoms with Gasteiger partial charge in [-0.2, -0.15) is 0 Å². The number of amides is 1. The van der Waals surface area contributed by atoms with E-state index in [-0.39, 0.29) is 18.6 Å². The minimum atomic E-state index is -0.0865. The van der Waals surface area contributed by atoms with E-state index in [0.717, 1.165) is 31.1 Å². The van der Waals surface area contributed by atoms with Crippen LogP contribution >= 0.6 is 11.3 Å². The molecule has 0 aromatic carbocycles. The number of piperidine rings is 1. The van der Waals surface area contributed by atoms with Crippen LogP contribution in [0.5, 0.6) is 5.75 Å². The minimum Gasteiger partial charge on any atom is -0.482 e. The van der Waals surface area contributed by atoms with Crippen molar-refractivity contribution in [2.45, 2.75) is 18.9 Å². The average molecular weight is 318 g/mol. The van der Waals surface area contributed by atoms with E-state index in [1.165, 1.54) is 0 Å². The van der Waals surface area contributed by atoms with Crippen molar-refractivity contribution in [3.8, 4) is 5.75 Å². The molecule has 0 saturated carbocycles. The fraction of sp³-hybridized carbons (Fsp3) is 0.400. The maximum absolute atomic E-state index is 11.9. The molecule has 3 heterocycles. The number of carbonyl (C=O) groups excluding carboxylic acids is 1. The SMILES string of the molecule is O=C(COc1cccnc1)NC1CCN(c2nccs2)CC1. The molecular formula is C15H18N4O2S. The van der Waals surface area contributed by atoms with Gasteiger partial charge >= 0.3 is 0 Å². The molecule has 1 saturated heterocycles. The van der Waals surface area contributed by atoms with Crippen LogP contribution in [-0.2, 0) is 4.79 Å². The fourth-order valence-corrected chi connectivity index (χ4v) is 3.13. The Hall–Kier alpha value is -2.15. The summed E-state index contributed by atoms with van der Waals surface area (Å²) in [5, 5.41) is 6.07. The standard InChI is InChI=1S/C15H18N4O2S/c20-14(11-21-13-2-1-5-16-10-13)18-12-3-7-19(8-4-12)15-17-6-9-22-15/h1-2,5-6,9-10,12H,3-4,7-8,11H2,(H,18,20). The van der Waals surface area contributed by atoms with Crippen LogP contribution in [0.3, 0.4) is 0 Å². The number of hydrogen-bond donors (Lipinski definition) is 1. The first kappa shape index (κ1) is 14.8. The summed E-state index contributed by atoms with van der Waals surface area (Å²) < 4.78 is 5.40. The average Bonchev–Trinajstić information content (AvgIpc) is 3.09. The molecule has 2 aromatic heterocycles. The van der Waals surface area contributed by atoms with Crippen molar-refractivity contribution in [1.82, 2.24) is 15.3 Å². The molecule has 0 atom stereocenters. The summed E-state index contributed by atoms with van der Waals surface area (Å²) in [4.78, 5) is 22.4. The van der Waals surface area contributed by atoms with E-state index >= 15 is 0 Å². The van der Waals surface area contributed by atoms with Crippen LogP contribution in [0.15, 0.2) is 36.1 Å². The van der Waals surface area contributed by atoms with Crippen LogP contribution in [0.2, 0.25) is 0 Å². The Bertz CT molecular complexity index is 583. The lowest BCUT2D eigenvalue weighted by Gasteiger charge is -2.32. The third-order valence-electron chi connectivity index (χ3n) is 3.55. The quantitative estimate of drug-likeness (QED) is 0.909. The van der Waals surface area contributed by atoms with Gasteiger partial charge in [0.15, 0.2) is 11.7 Å². The number of hydrogen-bond acceptors (Lipinski definition) is 6. The Morgan fingerprint density at radius 1 is 1.41 bits per heavy atom. The van der Waals surface area contributed by atoms with E-state index in [1.54, 1.807) is 35.9 Å². The van der Waals surface area contributed by atoms with Crippen LogP contribution in [0.25, 0.3) is 0 Å². The Balaban J connectivity index is 1.40. The van der Waals surface area contributed by atoms with Crippen LogP contribution in [0.1, 0.15) is 12.8 Å². The number of aromatic nitrogens is 2. The first-order valence-electron chi connectivity index (χ1n) is 7.28. The van der Waals surface area contributed by atoms with Gasteiger partial charge in [-0.3, -0.25) is 9.78 Å². The van der Waals surface area contributed by atoms with Gasteiger partial charge in [0.25, 0.3) is 5.91 Å². The monoisotopic (exact) mass is 318 g/mol. The Morgan fingerprint density at radius 3 is 2.95 bits per heavy atom. The predicted molar refractivity (Wildman–Crippen MR) is 85.2 cm³/mol. The molecule has 1 fully saturated rings. The van der Waals surface area contributed by atoms with Crippen LogP contribution < -0.4 is 15.0 Å². The van der Waals surface area contributed by atoms with Gasteiger partial charge in [-0.05, 0) is 25.0 Å². The van der Waals surface area contributed by atoms with Crippen molar-refractivity contribution in [3.63, 3.8) is 0 Å². The second-order valence-corrected chi connectivity index (χ2v) is 5.99. The number of thiazole rings is 1. The molecule has 0 radical (unpaired) electrons. The van der Waals surface area contributed by atoms with E-state index in [9.17, 15) is 4.79 Å². The van der Waals surface area contributed by atoms with Crippen molar-refractivity contribution in [2.24, 2.45) is 0 Å². The molecule has 2 aromatic rings. The number of nitrogens with one attached hydrogen (secondary N) is 1. The normalized spacial score (nSPS) is 15.5. The maximum Gasteiger partial charge on any atom is 0.258 e. The molecule has 1 N–H and O–H groups in total. The number of rotatable bonds is 5. The Labute approximate surface area is 133 Å². The first-order chi connectivity index (χ1) is 10.8. The summed E-state index contributed by atoms with van der Waals surface area (Å²) in [6, 6.07) is 3.77. The van der Waals surface area contributed by atoms with Crippen molar-refractivity contribution in [3.05, 3.63) is 36.1 Å². The Morgan fingerprint density at radius 2 is 2.27 bits per heavy atom. The topological polar surface area (TPSA) is 67.3 Å². The molecular weight excluding hydrogens is 300 g/mol. The third kappa shape index (κ3) is 3.94. The molecule has 1 aliphatic heterocycles. The highest BCUT2D eigenvalue weighted by atomic mass is 32.1. The second kappa shape index (κ2) is 7.22. The third-order valence-corrected chi connectivity index (χ3v) is 4.39. The first-order valence-corrected chi connectivity index (χ1v) is 8.16. The highest BCUT2D eigenvalue weighted by Gasteiger charge is 2.22. The lowest BCUT2D eigenvalue weighted by atomic mass is 10.1. The summed E-state index contributed by atoms with van der Waals surface area (Å²) >= 11 is 1.65. The van der Waals surface area contributed by atoms with Crippen LogP contribution in [0, 0.1) is 0 Å². The predicted octanol–water partition coefficient (Wildman–Crippen LogP) is 1.70. The Kier molecular flexibility index (Phi) is 4.85. The molecule has 22 heavy (non-hydrogen) atoms.